The van der Waals surface area contributed by atoms with Crippen molar-refractivity contribution >= 4 is 11.3 Å². The second-order valence-electron chi connectivity index (χ2n) is 3.68. The zero-order valence-electron chi connectivity index (χ0n) is 10.6. The van der Waals surface area contributed by atoms with E-state index in [2.05, 4.69) is 4.98 Å². The van der Waals surface area contributed by atoms with Crippen molar-refractivity contribution in [2.45, 2.75) is 6.61 Å². The number of hydrogen-bond donors (Lipinski definition) is 0. The van der Waals surface area contributed by atoms with Gasteiger partial charge >= 0.3 is 0 Å². The first kappa shape index (κ1) is 12.9. The fourth-order valence-corrected chi connectivity index (χ4v) is 2.38. The van der Waals surface area contributed by atoms with Crippen molar-refractivity contribution in [1.82, 2.24) is 4.98 Å². The summed E-state index contributed by atoms with van der Waals surface area (Å²) in [6.07, 6.45) is 0. The first-order valence-electron chi connectivity index (χ1n) is 5.43. The first-order chi connectivity index (χ1) is 8.76. The van der Waals surface area contributed by atoms with Crippen LogP contribution in [0.15, 0.2) is 23.6 Å². The number of benzene rings is 1. The molecule has 5 heteroatoms. The quantitative estimate of drug-likeness (QED) is 0.833. The molecule has 0 fully saturated rings. The molecule has 0 aliphatic heterocycles. The van der Waals surface area contributed by atoms with E-state index in [1.165, 1.54) is 0 Å². The molecular weight excluding hydrogens is 250 g/mol. The molecule has 0 radical (unpaired) electrons. The number of nitrogens with zero attached hydrogens (tertiary/aromatic N) is 1. The molecule has 0 aliphatic carbocycles. The Balaban J connectivity index is 2.35. The van der Waals surface area contributed by atoms with E-state index >= 15 is 0 Å². The van der Waals surface area contributed by atoms with Gasteiger partial charge in [0.2, 0.25) is 0 Å². The van der Waals surface area contributed by atoms with Crippen molar-refractivity contribution in [1.29, 1.82) is 0 Å². The molecule has 0 bridgehead atoms. The Kier molecular flexibility index (Phi) is 4.17. The van der Waals surface area contributed by atoms with Crippen molar-refractivity contribution in [2.24, 2.45) is 0 Å². The zero-order valence-corrected chi connectivity index (χ0v) is 11.4. The second-order valence-corrected chi connectivity index (χ2v) is 4.54. The summed E-state index contributed by atoms with van der Waals surface area (Å²) >= 11 is 1.58. The number of aromatic nitrogens is 1. The molecule has 2 aromatic rings. The van der Waals surface area contributed by atoms with Crippen LogP contribution in [0.1, 0.15) is 5.69 Å². The van der Waals surface area contributed by atoms with Crippen molar-refractivity contribution in [2.75, 3.05) is 21.3 Å². The Morgan fingerprint density at radius 2 is 1.72 bits per heavy atom. The first-order valence-corrected chi connectivity index (χ1v) is 6.31. The highest BCUT2D eigenvalue weighted by Gasteiger charge is 2.08. The van der Waals surface area contributed by atoms with Crippen LogP contribution in [-0.2, 0) is 11.3 Å². The lowest BCUT2D eigenvalue weighted by Crippen LogP contribution is -1.90. The fourth-order valence-electron chi connectivity index (χ4n) is 1.58. The standard InChI is InChI=1S/C13H15NO3S/c1-15-7-10-8-18-13(14-10)9-4-11(16-2)6-12(5-9)17-3/h4-6,8H,7H2,1-3H3. The van der Waals surface area contributed by atoms with Crippen LogP contribution >= 0.6 is 11.3 Å². The van der Waals surface area contributed by atoms with Gasteiger partial charge in [-0.25, -0.2) is 4.98 Å². The van der Waals surface area contributed by atoms with Crippen LogP contribution < -0.4 is 9.47 Å². The average molecular weight is 265 g/mol. The zero-order chi connectivity index (χ0) is 13.0. The van der Waals surface area contributed by atoms with Gasteiger partial charge in [0.25, 0.3) is 0 Å². The number of hydrogen-bond acceptors (Lipinski definition) is 5. The van der Waals surface area contributed by atoms with Gasteiger partial charge in [-0.05, 0) is 12.1 Å². The van der Waals surface area contributed by atoms with Gasteiger partial charge in [-0.15, -0.1) is 11.3 Å². The molecule has 0 saturated heterocycles. The van der Waals surface area contributed by atoms with E-state index in [0.717, 1.165) is 27.8 Å². The summed E-state index contributed by atoms with van der Waals surface area (Å²) in [6, 6.07) is 5.73. The molecule has 1 aromatic heterocycles. The maximum atomic E-state index is 5.25. The fraction of sp³-hybridized carbons (Fsp3) is 0.308. The van der Waals surface area contributed by atoms with Gasteiger partial charge in [-0.1, -0.05) is 0 Å². The predicted octanol–water partition coefficient (Wildman–Crippen LogP) is 2.97. The molecule has 0 N–H and O–H groups in total. The highest BCUT2D eigenvalue weighted by atomic mass is 32.1. The van der Waals surface area contributed by atoms with E-state index in [9.17, 15) is 0 Å². The maximum absolute atomic E-state index is 5.25. The number of methoxy groups -OCH3 is 3. The van der Waals surface area contributed by atoms with Crippen LogP contribution in [0.5, 0.6) is 11.5 Å². The summed E-state index contributed by atoms with van der Waals surface area (Å²) in [5.41, 5.74) is 1.91. The lowest BCUT2D eigenvalue weighted by atomic mass is 10.2. The third-order valence-corrected chi connectivity index (χ3v) is 3.38. The summed E-state index contributed by atoms with van der Waals surface area (Å²) in [6.45, 7) is 0.525. The topological polar surface area (TPSA) is 40.6 Å². The van der Waals surface area contributed by atoms with Gasteiger partial charge in [-0.3, -0.25) is 0 Å². The van der Waals surface area contributed by atoms with Gasteiger partial charge in [0.05, 0.1) is 26.5 Å². The minimum Gasteiger partial charge on any atom is -0.497 e. The molecule has 96 valence electrons. The second kappa shape index (κ2) is 5.84. The van der Waals surface area contributed by atoms with E-state index in [0.29, 0.717) is 6.61 Å². The van der Waals surface area contributed by atoms with Crippen LogP contribution in [0, 0.1) is 0 Å². The largest absolute Gasteiger partial charge is 0.497 e. The summed E-state index contributed by atoms with van der Waals surface area (Å²) in [5.74, 6) is 1.51. The van der Waals surface area contributed by atoms with Gasteiger partial charge in [0, 0.05) is 24.1 Å². The monoisotopic (exact) mass is 265 g/mol. The highest BCUT2D eigenvalue weighted by molar-refractivity contribution is 7.13. The maximum Gasteiger partial charge on any atom is 0.123 e. The third-order valence-electron chi connectivity index (χ3n) is 2.44. The summed E-state index contributed by atoms with van der Waals surface area (Å²) in [5, 5.41) is 2.92. The van der Waals surface area contributed by atoms with Gasteiger partial charge in [0.15, 0.2) is 0 Å². The normalized spacial score (nSPS) is 10.4. The Hall–Kier alpha value is -1.59. The molecule has 0 unspecified atom stereocenters. The van der Waals surface area contributed by atoms with E-state index in [1.807, 2.05) is 23.6 Å². The van der Waals surface area contributed by atoms with Gasteiger partial charge in [-0.2, -0.15) is 0 Å². The molecule has 2 rings (SSSR count). The molecule has 0 atom stereocenters. The molecule has 0 amide bonds. The van der Waals surface area contributed by atoms with E-state index < -0.39 is 0 Å². The Morgan fingerprint density at radius 3 is 2.28 bits per heavy atom. The van der Waals surface area contributed by atoms with E-state index in [1.54, 1.807) is 32.7 Å². The molecule has 1 aromatic carbocycles. The number of rotatable bonds is 5. The number of ether oxygens (including phenoxy) is 3. The summed E-state index contributed by atoms with van der Waals surface area (Å²) < 4.78 is 15.6. The van der Waals surface area contributed by atoms with Gasteiger partial charge < -0.3 is 14.2 Å². The lowest BCUT2D eigenvalue weighted by Gasteiger charge is -2.06. The van der Waals surface area contributed by atoms with E-state index in [4.69, 9.17) is 14.2 Å². The minimum absolute atomic E-state index is 0.525. The van der Waals surface area contributed by atoms with Crippen molar-refractivity contribution in [3.8, 4) is 22.1 Å². The van der Waals surface area contributed by atoms with E-state index in [-0.39, 0.29) is 0 Å². The van der Waals surface area contributed by atoms with Gasteiger partial charge in [0.1, 0.15) is 16.5 Å². The number of thiazole rings is 1. The SMILES string of the molecule is COCc1csc(-c2cc(OC)cc(OC)c2)n1. The molecule has 18 heavy (non-hydrogen) atoms. The Bertz CT molecular complexity index is 502. The smallest absolute Gasteiger partial charge is 0.123 e. The third kappa shape index (κ3) is 2.80. The highest BCUT2D eigenvalue weighted by Crippen LogP contribution is 2.31. The molecule has 0 spiro atoms. The van der Waals surface area contributed by atoms with Crippen LogP contribution in [-0.4, -0.2) is 26.3 Å². The van der Waals surface area contributed by atoms with Crippen molar-refractivity contribution in [3.63, 3.8) is 0 Å². The lowest BCUT2D eigenvalue weighted by molar-refractivity contribution is 0.182. The van der Waals surface area contributed by atoms with Crippen LogP contribution in [0.3, 0.4) is 0 Å². The Morgan fingerprint density at radius 1 is 1.06 bits per heavy atom. The summed E-state index contributed by atoms with van der Waals surface area (Å²) in [4.78, 5) is 4.50. The molecule has 0 aliphatic rings. The predicted molar refractivity (Wildman–Crippen MR) is 71.4 cm³/mol. The van der Waals surface area contributed by atoms with Crippen molar-refractivity contribution < 1.29 is 14.2 Å². The van der Waals surface area contributed by atoms with Crippen LogP contribution in [0.4, 0.5) is 0 Å². The summed E-state index contributed by atoms with van der Waals surface area (Å²) in [7, 11) is 4.93. The van der Waals surface area contributed by atoms with Crippen LogP contribution in [0.2, 0.25) is 0 Å². The Labute approximate surface area is 110 Å². The average Bonchev–Trinajstić information content (AvgIpc) is 2.87. The minimum atomic E-state index is 0.525. The van der Waals surface area contributed by atoms with Crippen molar-refractivity contribution in [3.05, 3.63) is 29.3 Å². The molecular formula is C13H15NO3S. The molecule has 4 nitrogen and oxygen atoms in total. The molecule has 0 saturated carbocycles. The molecule has 1 heterocycles. The van der Waals surface area contributed by atoms with Crippen LogP contribution in [0.25, 0.3) is 10.6 Å².